The van der Waals surface area contributed by atoms with Gasteiger partial charge in [0, 0.05) is 13.1 Å². The molecule has 0 atom stereocenters. The van der Waals surface area contributed by atoms with E-state index < -0.39 is 0 Å². The number of amides is 2. The number of urea groups is 1. The number of rotatable bonds is 16. The van der Waals surface area contributed by atoms with Crippen LogP contribution in [0.2, 0.25) is 0 Å². The van der Waals surface area contributed by atoms with Gasteiger partial charge in [-0.2, -0.15) is 0 Å². The third-order valence-corrected chi connectivity index (χ3v) is 4.95. The number of carbonyl (C=O) groups is 1. The maximum absolute atomic E-state index is 11.7. The largest absolute Gasteiger partial charge is 0.508 e. The molecule has 0 unspecified atom stereocenters. The summed E-state index contributed by atoms with van der Waals surface area (Å²) in [6, 6.07) is 7.01. The van der Waals surface area contributed by atoms with Crippen molar-refractivity contribution >= 4 is 6.03 Å². The molecule has 3 N–H and O–H groups in total. The van der Waals surface area contributed by atoms with Crippen molar-refractivity contribution in [2.24, 2.45) is 0 Å². The zero-order valence-electron chi connectivity index (χ0n) is 17.3. The molecule has 0 heterocycles. The van der Waals surface area contributed by atoms with Crippen LogP contribution in [0.4, 0.5) is 4.79 Å². The molecule has 0 saturated heterocycles. The number of unbranched alkanes of at least 4 members (excludes halogenated alkanes) is 11. The summed E-state index contributed by atoms with van der Waals surface area (Å²) in [5.74, 6) is 0.270. The van der Waals surface area contributed by atoms with Crippen molar-refractivity contribution in [3.8, 4) is 5.75 Å². The summed E-state index contributed by atoms with van der Waals surface area (Å²) in [7, 11) is 0. The van der Waals surface area contributed by atoms with Gasteiger partial charge in [-0.15, -0.1) is 0 Å². The molecule has 1 aromatic carbocycles. The fourth-order valence-electron chi connectivity index (χ4n) is 3.21. The molecule has 0 aliphatic rings. The Balaban J connectivity index is 1.82. The van der Waals surface area contributed by atoms with Gasteiger partial charge in [0.1, 0.15) is 5.75 Å². The van der Waals surface area contributed by atoms with Gasteiger partial charge >= 0.3 is 6.03 Å². The SMILES string of the molecule is CCCCCCCCCCCCCCNC(=O)NCCc1ccc(O)cc1. The predicted molar refractivity (Wildman–Crippen MR) is 114 cm³/mol. The summed E-state index contributed by atoms with van der Waals surface area (Å²) in [5.41, 5.74) is 1.11. The number of benzene rings is 1. The zero-order chi connectivity index (χ0) is 19.6. The molecule has 4 nitrogen and oxygen atoms in total. The lowest BCUT2D eigenvalue weighted by molar-refractivity contribution is 0.241. The van der Waals surface area contributed by atoms with Crippen LogP contribution in [-0.2, 0) is 6.42 Å². The van der Waals surface area contributed by atoms with Crippen LogP contribution in [0.1, 0.15) is 89.5 Å². The highest BCUT2D eigenvalue weighted by atomic mass is 16.3. The Morgan fingerprint density at radius 3 is 1.78 bits per heavy atom. The molecule has 154 valence electrons. The molecular formula is C23H40N2O2. The fourth-order valence-corrected chi connectivity index (χ4v) is 3.21. The van der Waals surface area contributed by atoms with E-state index in [1.54, 1.807) is 12.1 Å². The average Bonchev–Trinajstić information content (AvgIpc) is 2.67. The van der Waals surface area contributed by atoms with Crippen molar-refractivity contribution in [2.75, 3.05) is 13.1 Å². The van der Waals surface area contributed by atoms with Gasteiger partial charge < -0.3 is 15.7 Å². The van der Waals surface area contributed by atoms with E-state index in [-0.39, 0.29) is 11.8 Å². The highest BCUT2D eigenvalue weighted by Crippen LogP contribution is 2.12. The molecular weight excluding hydrogens is 336 g/mol. The minimum Gasteiger partial charge on any atom is -0.508 e. The third kappa shape index (κ3) is 14.1. The summed E-state index contributed by atoms with van der Waals surface area (Å²) in [5, 5.41) is 15.0. The van der Waals surface area contributed by atoms with Gasteiger partial charge in [-0.1, -0.05) is 89.7 Å². The minimum atomic E-state index is -0.0862. The molecule has 0 fully saturated rings. The van der Waals surface area contributed by atoms with Crippen LogP contribution in [-0.4, -0.2) is 24.2 Å². The van der Waals surface area contributed by atoms with E-state index in [2.05, 4.69) is 17.6 Å². The van der Waals surface area contributed by atoms with Gasteiger partial charge in [-0.3, -0.25) is 0 Å². The first-order valence-corrected chi connectivity index (χ1v) is 11.0. The molecule has 0 radical (unpaired) electrons. The van der Waals surface area contributed by atoms with Crippen LogP contribution in [0, 0.1) is 0 Å². The predicted octanol–water partition coefficient (Wildman–Crippen LogP) is 5.94. The third-order valence-electron chi connectivity index (χ3n) is 4.95. The number of phenols is 1. The van der Waals surface area contributed by atoms with E-state index in [0.29, 0.717) is 6.54 Å². The van der Waals surface area contributed by atoms with E-state index in [4.69, 9.17) is 0 Å². The number of hydrogen-bond donors (Lipinski definition) is 3. The first-order chi connectivity index (χ1) is 13.2. The molecule has 0 aromatic heterocycles. The highest BCUT2D eigenvalue weighted by molar-refractivity contribution is 5.73. The zero-order valence-corrected chi connectivity index (χ0v) is 17.3. The van der Waals surface area contributed by atoms with Gasteiger partial charge in [0.05, 0.1) is 0 Å². The Morgan fingerprint density at radius 1 is 0.741 bits per heavy atom. The lowest BCUT2D eigenvalue weighted by Gasteiger charge is -2.08. The van der Waals surface area contributed by atoms with Gasteiger partial charge in [0.15, 0.2) is 0 Å². The fraction of sp³-hybridized carbons (Fsp3) is 0.696. The average molecular weight is 377 g/mol. The lowest BCUT2D eigenvalue weighted by Crippen LogP contribution is -2.37. The van der Waals surface area contributed by atoms with E-state index >= 15 is 0 Å². The molecule has 0 aliphatic heterocycles. The monoisotopic (exact) mass is 376 g/mol. The summed E-state index contributed by atoms with van der Waals surface area (Å²) in [6.07, 6.45) is 16.7. The van der Waals surface area contributed by atoms with Crippen molar-refractivity contribution in [1.82, 2.24) is 10.6 Å². The van der Waals surface area contributed by atoms with Crippen LogP contribution >= 0.6 is 0 Å². The number of hydrogen-bond acceptors (Lipinski definition) is 2. The van der Waals surface area contributed by atoms with E-state index in [1.165, 1.54) is 70.6 Å². The summed E-state index contributed by atoms with van der Waals surface area (Å²) in [6.45, 7) is 3.62. The number of aromatic hydroxyl groups is 1. The second kappa shape index (κ2) is 16.5. The number of carbonyl (C=O) groups excluding carboxylic acids is 1. The van der Waals surface area contributed by atoms with Crippen molar-refractivity contribution in [3.05, 3.63) is 29.8 Å². The summed E-state index contributed by atoms with van der Waals surface area (Å²) < 4.78 is 0. The van der Waals surface area contributed by atoms with Crippen molar-refractivity contribution in [2.45, 2.75) is 90.4 Å². The molecule has 4 heteroatoms. The second-order valence-corrected chi connectivity index (χ2v) is 7.49. The molecule has 27 heavy (non-hydrogen) atoms. The maximum atomic E-state index is 11.7. The Hall–Kier alpha value is -1.71. The molecule has 0 saturated carbocycles. The van der Waals surface area contributed by atoms with Crippen molar-refractivity contribution < 1.29 is 9.90 Å². The van der Waals surface area contributed by atoms with Crippen molar-refractivity contribution in [3.63, 3.8) is 0 Å². The molecule has 2 amide bonds. The van der Waals surface area contributed by atoms with Crippen LogP contribution in [0.15, 0.2) is 24.3 Å². The first-order valence-electron chi connectivity index (χ1n) is 11.0. The van der Waals surface area contributed by atoms with E-state index in [1.807, 2.05) is 12.1 Å². The van der Waals surface area contributed by atoms with Gasteiger partial charge in [0.25, 0.3) is 0 Å². The Labute approximate surface area is 166 Å². The highest BCUT2D eigenvalue weighted by Gasteiger charge is 2.00. The van der Waals surface area contributed by atoms with E-state index in [0.717, 1.165) is 24.9 Å². The van der Waals surface area contributed by atoms with Crippen molar-refractivity contribution in [1.29, 1.82) is 0 Å². The van der Waals surface area contributed by atoms with E-state index in [9.17, 15) is 9.90 Å². The number of nitrogens with one attached hydrogen (secondary N) is 2. The Bertz CT molecular complexity index is 474. The topological polar surface area (TPSA) is 61.4 Å². The number of phenolic OH excluding ortho intramolecular Hbond substituents is 1. The second-order valence-electron chi connectivity index (χ2n) is 7.49. The summed E-state index contributed by atoms with van der Waals surface area (Å²) >= 11 is 0. The van der Waals surface area contributed by atoms with Crippen LogP contribution < -0.4 is 10.6 Å². The molecule has 0 aliphatic carbocycles. The Morgan fingerprint density at radius 2 is 1.22 bits per heavy atom. The molecule has 0 bridgehead atoms. The standard InChI is InChI=1S/C23H40N2O2/c1-2-3-4-5-6-7-8-9-10-11-12-13-19-24-23(27)25-20-18-21-14-16-22(26)17-15-21/h14-17,26H,2-13,18-20H2,1H3,(H2,24,25,27). The van der Waals surface area contributed by atoms with Crippen LogP contribution in [0.5, 0.6) is 5.75 Å². The van der Waals surface area contributed by atoms with Gasteiger partial charge in [-0.25, -0.2) is 4.79 Å². The smallest absolute Gasteiger partial charge is 0.314 e. The van der Waals surface area contributed by atoms with Crippen LogP contribution in [0.3, 0.4) is 0 Å². The molecule has 1 rings (SSSR count). The lowest BCUT2D eigenvalue weighted by atomic mass is 10.1. The van der Waals surface area contributed by atoms with Gasteiger partial charge in [0.2, 0.25) is 0 Å². The quantitative estimate of drug-likeness (QED) is 0.313. The normalized spacial score (nSPS) is 10.7. The summed E-state index contributed by atoms with van der Waals surface area (Å²) in [4.78, 5) is 11.7. The molecule has 1 aromatic rings. The Kier molecular flexibility index (Phi) is 14.2. The first kappa shape index (κ1) is 23.3. The van der Waals surface area contributed by atoms with Gasteiger partial charge in [-0.05, 0) is 30.5 Å². The maximum Gasteiger partial charge on any atom is 0.314 e. The minimum absolute atomic E-state index is 0.0862. The van der Waals surface area contributed by atoms with Crippen LogP contribution in [0.25, 0.3) is 0 Å². The molecule has 0 spiro atoms.